The molecular formula is C54H49BN4O2. The van der Waals surface area contributed by atoms with Gasteiger partial charge in [-0.05, 0) is 120 Å². The van der Waals surface area contributed by atoms with Gasteiger partial charge in [0.1, 0.15) is 0 Å². The van der Waals surface area contributed by atoms with Crippen LogP contribution < -0.4 is 5.46 Å². The minimum absolute atomic E-state index is 0.558. The largest absolute Gasteiger partial charge is 0.497 e. The van der Waals surface area contributed by atoms with E-state index in [1.807, 2.05) is 0 Å². The topological polar surface area (TPSA) is 75.8 Å². The van der Waals surface area contributed by atoms with Crippen molar-refractivity contribution in [3.63, 3.8) is 0 Å². The summed E-state index contributed by atoms with van der Waals surface area (Å²) in [6.07, 6.45) is 8.59. The Hall–Kier alpha value is -6.54. The van der Waals surface area contributed by atoms with Crippen LogP contribution in [0.25, 0.3) is 90.9 Å². The van der Waals surface area contributed by atoms with Crippen molar-refractivity contribution in [2.45, 2.75) is 66.6 Å². The second-order valence-corrected chi connectivity index (χ2v) is 17.8. The zero-order chi connectivity index (χ0) is 42.2. The highest BCUT2D eigenvalue weighted by molar-refractivity contribution is 6.65. The molecule has 8 bridgehead atoms. The summed E-state index contributed by atoms with van der Waals surface area (Å²) in [7, 11) is -0.655. The molecule has 7 aromatic rings. The lowest BCUT2D eigenvalue weighted by molar-refractivity contribution is 0.00578. The molecule has 3 aliphatic heterocycles. The minimum atomic E-state index is -0.655. The van der Waals surface area contributed by atoms with Gasteiger partial charge in [-0.15, -0.1) is 0 Å². The average Bonchev–Trinajstić information content (AvgIpc) is 4.09. The van der Waals surface area contributed by atoms with Gasteiger partial charge in [0, 0.05) is 49.8 Å². The predicted octanol–water partition coefficient (Wildman–Crippen LogP) is 12.9. The summed E-state index contributed by atoms with van der Waals surface area (Å²) in [5.41, 5.74) is 19.9. The summed E-state index contributed by atoms with van der Waals surface area (Å²) in [5.74, 6) is 0. The van der Waals surface area contributed by atoms with E-state index in [0.29, 0.717) is 0 Å². The first-order chi connectivity index (χ1) is 29.3. The molecule has 6 nitrogen and oxygen atoms in total. The maximum Gasteiger partial charge on any atom is 0.497 e. The van der Waals surface area contributed by atoms with Gasteiger partial charge in [0.15, 0.2) is 0 Å². The summed E-state index contributed by atoms with van der Waals surface area (Å²) in [6, 6.07) is 41.4. The van der Waals surface area contributed by atoms with Gasteiger partial charge in [0.05, 0.1) is 34.0 Å². The van der Waals surface area contributed by atoms with Gasteiger partial charge in [-0.3, -0.25) is 0 Å². The van der Waals surface area contributed by atoms with Gasteiger partial charge in [-0.2, -0.15) is 0 Å². The van der Waals surface area contributed by atoms with E-state index in [1.54, 1.807) is 0 Å². The Morgan fingerprint density at radius 1 is 0.410 bits per heavy atom. The number of nitrogens with one attached hydrogen (secondary N) is 2. The number of nitrogens with zero attached hydrogens (tertiary/aromatic N) is 2. The Balaban J connectivity index is 1.42. The molecule has 0 aliphatic carbocycles. The van der Waals surface area contributed by atoms with E-state index in [-0.39, 0.29) is 0 Å². The standard InChI is InChI=1S/C54H49BN4O2/c1-32-9-17-36(18-10-32)48-41-25-26-42(56-41)49(37-19-11-33(2)12-20-37)44-29-30-46(58-44)51(39-23-15-35(4)16-24-39)52-40(55-60-53(5,6)54(7,8)61-55)31-47(59-52)50(45-28-27-43(48)57-45)38-21-13-34(3)14-22-38/h9-31,56,59H,1-8H3. The number of benzene rings is 4. The third-order valence-electron chi connectivity index (χ3n) is 12.8. The predicted molar refractivity (Wildman–Crippen MR) is 255 cm³/mol. The van der Waals surface area contributed by atoms with Crippen LogP contribution in [-0.2, 0) is 9.31 Å². The van der Waals surface area contributed by atoms with Crippen molar-refractivity contribution in [1.82, 2.24) is 19.9 Å². The minimum Gasteiger partial charge on any atom is -0.399 e. The van der Waals surface area contributed by atoms with Crippen LogP contribution >= 0.6 is 0 Å². The smallest absolute Gasteiger partial charge is 0.399 e. The second kappa shape index (κ2) is 14.6. The molecular weight excluding hydrogens is 747 g/mol. The Bertz CT molecular complexity index is 3080. The maximum atomic E-state index is 6.88. The number of aromatic nitrogens is 4. The third-order valence-corrected chi connectivity index (χ3v) is 12.8. The van der Waals surface area contributed by atoms with E-state index < -0.39 is 18.3 Å². The molecule has 3 aliphatic rings. The highest BCUT2D eigenvalue weighted by Crippen LogP contribution is 2.41. The lowest BCUT2D eigenvalue weighted by Gasteiger charge is -2.32. The van der Waals surface area contributed by atoms with Crippen molar-refractivity contribution < 1.29 is 9.31 Å². The van der Waals surface area contributed by atoms with Crippen molar-refractivity contribution >= 4 is 59.0 Å². The van der Waals surface area contributed by atoms with Crippen LogP contribution in [0.5, 0.6) is 0 Å². The molecule has 61 heavy (non-hydrogen) atoms. The quantitative estimate of drug-likeness (QED) is 0.170. The summed E-state index contributed by atoms with van der Waals surface area (Å²) < 4.78 is 13.8. The van der Waals surface area contributed by atoms with Crippen LogP contribution in [0.2, 0.25) is 0 Å². The number of hydrogen-bond donors (Lipinski definition) is 2. The number of hydrogen-bond acceptors (Lipinski definition) is 4. The molecule has 6 heterocycles. The SMILES string of the molecule is Cc1ccc(-c2c3nc(c(-c4ccc(C)cc4)c4cc(B5OC(C)(C)C(C)(C)O5)c([nH]4)c(-c4ccc(C)cc4)c4nc(c(-c5ccc(C)cc5)c5ccc2[nH]5)C=C4)C=C3)cc1. The van der Waals surface area contributed by atoms with Crippen LogP contribution in [0.15, 0.2) is 115 Å². The summed E-state index contributed by atoms with van der Waals surface area (Å²) in [6.45, 7) is 16.9. The van der Waals surface area contributed by atoms with Crippen molar-refractivity contribution in [3.05, 3.63) is 160 Å². The molecule has 300 valence electrons. The van der Waals surface area contributed by atoms with Crippen LogP contribution in [0.3, 0.4) is 0 Å². The van der Waals surface area contributed by atoms with Gasteiger partial charge in [-0.25, -0.2) is 9.97 Å². The van der Waals surface area contributed by atoms with Gasteiger partial charge in [0.25, 0.3) is 0 Å². The molecule has 0 amide bonds. The normalized spacial score (nSPS) is 15.2. The summed E-state index contributed by atoms with van der Waals surface area (Å²) >= 11 is 0. The number of H-pyrrole nitrogens is 2. The maximum absolute atomic E-state index is 6.88. The molecule has 0 atom stereocenters. The van der Waals surface area contributed by atoms with Crippen molar-refractivity contribution in [2.24, 2.45) is 0 Å². The first-order valence-electron chi connectivity index (χ1n) is 21.2. The van der Waals surface area contributed by atoms with E-state index in [1.165, 1.54) is 22.3 Å². The molecule has 1 fully saturated rings. The molecule has 0 unspecified atom stereocenters. The lowest BCUT2D eigenvalue weighted by Crippen LogP contribution is -2.41. The van der Waals surface area contributed by atoms with E-state index in [9.17, 15) is 0 Å². The van der Waals surface area contributed by atoms with E-state index in [2.05, 4.69) is 205 Å². The fraction of sp³-hybridized carbons (Fsp3) is 0.185. The first-order valence-corrected chi connectivity index (χ1v) is 21.2. The molecule has 3 aromatic heterocycles. The highest BCUT2D eigenvalue weighted by Gasteiger charge is 2.52. The van der Waals surface area contributed by atoms with Crippen LogP contribution in [0.4, 0.5) is 0 Å². The monoisotopic (exact) mass is 796 g/mol. The molecule has 0 saturated carbocycles. The Labute approximate surface area is 358 Å². The molecule has 10 rings (SSSR count). The van der Waals surface area contributed by atoms with Crippen molar-refractivity contribution in [2.75, 3.05) is 0 Å². The van der Waals surface area contributed by atoms with Gasteiger partial charge in [0.2, 0.25) is 0 Å². The van der Waals surface area contributed by atoms with Gasteiger partial charge < -0.3 is 19.3 Å². The van der Waals surface area contributed by atoms with Crippen molar-refractivity contribution in [3.8, 4) is 44.5 Å². The summed E-state index contributed by atoms with van der Waals surface area (Å²) in [5, 5.41) is 0. The number of aromatic amines is 2. The Morgan fingerprint density at radius 2 is 0.738 bits per heavy atom. The molecule has 2 N–H and O–H groups in total. The third kappa shape index (κ3) is 6.88. The molecule has 4 aromatic carbocycles. The number of aryl methyl sites for hydroxylation is 4. The average molecular weight is 797 g/mol. The van der Waals surface area contributed by atoms with E-state index in [4.69, 9.17) is 19.3 Å². The summed E-state index contributed by atoms with van der Waals surface area (Å²) in [4.78, 5) is 18.9. The number of fused-ring (bicyclic) bond motifs is 8. The highest BCUT2D eigenvalue weighted by atomic mass is 16.7. The van der Waals surface area contributed by atoms with Crippen LogP contribution in [-0.4, -0.2) is 38.3 Å². The Morgan fingerprint density at radius 3 is 1.11 bits per heavy atom. The zero-order valence-corrected chi connectivity index (χ0v) is 36.1. The number of rotatable bonds is 5. The van der Waals surface area contributed by atoms with Crippen LogP contribution in [0.1, 0.15) is 72.7 Å². The zero-order valence-electron chi connectivity index (χ0n) is 36.1. The fourth-order valence-electron chi connectivity index (χ4n) is 8.56. The molecule has 0 radical (unpaired) electrons. The van der Waals surface area contributed by atoms with E-state index >= 15 is 0 Å². The Kier molecular flexibility index (Phi) is 9.24. The van der Waals surface area contributed by atoms with Gasteiger partial charge in [-0.1, -0.05) is 119 Å². The molecule has 0 spiro atoms. The molecule has 1 saturated heterocycles. The second-order valence-electron chi connectivity index (χ2n) is 17.8. The van der Waals surface area contributed by atoms with E-state index in [0.717, 1.165) is 94.8 Å². The van der Waals surface area contributed by atoms with Gasteiger partial charge >= 0.3 is 7.12 Å². The fourth-order valence-corrected chi connectivity index (χ4v) is 8.56. The lowest BCUT2D eigenvalue weighted by atomic mass is 9.78. The molecule has 7 heteroatoms. The van der Waals surface area contributed by atoms with Crippen molar-refractivity contribution in [1.29, 1.82) is 0 Å². The van der Waals surface area contributed by atoms with Crippen LogP contribution in [0, 0.1) is 27.7 Å². The first kappa shape index (κ1) is 38.7.